The zero-order valence-electron chi connectivity index (χ0n) is 12.6. The highest BCUT2D eigenvalue weighted by atomic mass is 16.2. The summed E-state index contributed by atoms with van der Waals surface area (Å²) in [4.78, 5) is 43.4. The van der Waals surface area contributed by atoms with E-state index in [2.05, 4.69) is 0 Å². The van der Waals surface area contributed by atoms with Crippen LogP contribution in [0.2, 0.25) is 0 Å². The van der Waals surface area contributed by atoms with Crippen LogP contribution in [0.1, 0.15) is 59.3 Å². The predicted molar refractivity (Wildman–Crippen MR) is 75.2 cm³/mol. The molecule has 2 rings (SSSR count). The van der Waals surface area contributed by atoms with E-state index in [4.69, 9.17) is 0 Å². The molecule has 2 saturated carbocycles. The van der Waals surface area contributed by atoms with Crippen molar-refractivity contribution < 1.29 is 19.2 Å². The second-order valence-electron chi connectivity index (χ2n) is 6.19. The maximum atomic E-state index is 11.2. The Balaban J connectivity index is 0.000000204. The van der Waals surface area contributed by atoms with Crippen LogP contribution < -0.4 is 0 Å². The molecule has 0 bridgehead atoms. The summed E-state index contributed by atoms with van der Waals surface area (Å²) in [5.74, 6) is 1.17. The van der Waals surface area contributed by atoms with Gasteiger partial charge in [0.1, 0.15) is 23.1 Å². The standard InChI is InChI=1S/C9H14O2.C7H10O2/c1-6(2)8-4-3-7(10)5-9(8)11;1-5-2-3-6(8)4-7(5)9/h6,8H,3-5H2,1-2H3;5H,2-4H2,1H3. The average Bonchev–Trinajstić information content (AvgIpc) is 2.34. The lowest BCUT2D eigenvalue weighted by Crippen LogP contribution is -2.28. The molecule has 0 heterocycles. The molecule has 0 aromatic heterocycles. The van der Waals surface area contributed by atoms with Gasteiger partial charge in [-0.25, -0.2) is 0 Å². The lowest BCUT2D eigenvalue weighted by molar-refractivity contribution is -0.134. The number of hydrogen-bond donors (Lipinski definition) is 0. The SMILES string of the molecule is CC(C)C1CCC(=O)CC1=O.CC1CCC(=O)CC1=O. The smallest absolute Gasteiger partial charge is 0.143 e. The minimum atomic E-state index is 0.109. The summed E-state index contributed by atoms with van der Waals surface area (Å²) in [7, 11) is 0. The molecule has 0 aromatic carbocycles. The van der Waals surface area contributed by atoms with Crippen LogP contribution in [0.4, 0.5) is 0 Å². The Morgan fingerprint density at radius 2 is 1.35 bits per heavy atom. The second-order valence-corrected chi connectivity index (χ2v) is 6.19. The molecule has 0 N–H and O–H groups in total. The highest BCUT2D eigenvalue weighted by Crippen LogP contribution is 2.24. The molecule has 0 radical (unpaired) electrons. The van der Waals surface area contributed by atoms with E-state index in [0.29, 0.717) is 18.8 Å². The van der Waals surface area contributed by atoms with Gasteiger partial charge in [-0.15, -0.1) is 0 Å². The fraction of sp³-hybridized carbons (Fsp3) is 0.750. The van der Waals surface area contributed by atoms with Gasteiger partial charge >= 0.3 is 0 Å². The molecule has 0 aliphatic heterocycles. The predicted octanol–water partition coefficient (Wildman–Crippen LogP) is 2.53. The summed E-state index contributed by atoms with van der Waals surface area (Å²) in [6.07, 6.45) is 3.11. The molecule has 2 aliphatic carbocycles. The van der Waals surface area contributed by atoms with Crippen molar-refractivity contribution in [3.63, 3.8) is 0 Å². The van der Waals surface area contributed by atoms with Crippen LogP contribution in [-0.4, -0.2) is 23.1 Å². The topological polar surface area (TPSA) is 68.3 Å². The second kappa shape index (κ2) is 7.46. The molecule has 0 amide bonds. The first-order chi connectivity index (χ1) is 9.31. The normalized spacial score (nSPS) is 27.4. The van der Waals surface area contributed by atoms with Gasteiger partial charge in [0.2, 0.25) is 0 Å². The largest absolute Gasteiger partial charge is 0.299 e. The third-order valence-electron chi connectivity index (χ3n) is 4.10. The van der Waals surface area contributed by atoms with Crippen LogP contribution in [0.5, 0.6) is 0 Å². The first kappa shape index (κ1) is 16.7. The quantitative estimate of drug-likeness (QED) is 0.692. The molecule has 2 unspecified atom stereocenters. The number of rotatable bonds is 1. The third kappa shape index (κ3) is 4.99. The van der Waals surface area contributed by atoms with E-state index in [-0.39, 0.29) is 47.8 Å². The lowest BCUT2D eigenvalue weighted by atomic mass is 9.80. The van der Waals surface area contributed by atoms with E-state index in [0.717, 1.165) is 12.8 Å². The van der Waals surface area contributed by atoms with E-state index in [9.17, 15) is 19.2 Å². The average molecular weight is 280 g/mol. The Morgan fingerprint density at radius 3 is 1.75 bits per heavy atom. The zero-order chi connectivity index (χ0) is 15.3. The fourth-order valence-electron chi connectivity index (χ4n) is 2.59. The van der Waals surface area contributed by atoms with Crippen molar-refractivity contribution in [3.8, 4) is 0 Å². The van der Waals surface area contributed by atoms with Crippen molar-refractivity contribution in [3.05, 3.63) is 0 Å². The first-order valence-electron chi connectivity index (χ1n) is 7.40. The van der Waals surface area contributed by atoms with E-state index in [1.165, 1.54) is 0 Å². The van der Waals surface area contributed by atoms with Crippen molar-refractivity contribution in [1.29, 1.82) is 0 Å². The van der Waals surface area contributed by atoms with E-state index < -0.39 is 0 Å². The van der Waals surface area contributed by atoms with Crippen molar-refractivity contribution >= 4 is 23.1 Å². The van der Waals surface area contributed by atoms with Crippen LogP contribution in [0.3, 0.4) is 0 Å². The molecule has 2 atom stereocenters. The molecule has 112 valence electrons. The minimum absolute atomic E-state index is 0.109. The summed E-state index contributed by atoms with van der Waals surface area (Å²) < 4.78 is 0. The van der Waals surface area contributed by atoms with E-state index >= 15 is 0 Å². The monoisotopic (exact) mass is 280 g/mol. The summed E-state index contributed by atoms with van der Waals surface area (Å²) in [6, 6.07) is 0. The number of Topliss-reactive ketones (excluding diaryl/α,β-unsaturated/α-hetero) is 4. The van der Waals surface area contributed by atoms with Gasteiger partial charge in [0.15, 0.2) is 0 Å². The van der Waals surface area contributed by atoms with E-state index in [1.807, 2.05) is 20.8 Å². The molecule has 4 nitrogen and oxygen atoms in total. The maximum absolute atomic E-state index is 11.2. The molecule has 0 spiro atoms. The summed E-state index contributed by atoms with van der Waals surface area (Å²) in [5, 5.41) is 0. The van der Waals surface area contributed by atoms with Gasteiger partial charge in [-0.2, -0.15) is 0 Å². The number of carbonyl (C=O) groups excluding carboxylic acids is 4. The molecule has 0 aromatic rings. The van der Waals surface area contributed by atoms with Gasteiger partial charge in [0, 0.05) is 24.7 Å². The molecular weight excluding hydrogens is 256 g/mol. The minimum Gasteiger partial charge on any atom is -0.299 e. The highest BCUT2D eigenvalue weighted by molar-refractivity contribution is 6.02. The summed E-state index contributed by atoms with van der Waals surface area (Å²) in [5.41, 5.74) is 0. The number of ketones is 4. The number of hydrogen-bond acceptors (Lipinski definition) is 4. The Morgan fingerprint density at radius 1 is 0.850 bits per heavy atom. The first-order valence-corrected chi connectivity index (χ1v) is 7.40. The molecule has 2 fully saturated rings. The van der Waals surface area contributed by atoms with Crippen LogP contribution in [0.15, 0.2) is 0 Å². The molecule has 0 saturated heterocycles. The Kier molecular flexibility index (Phi) is 6.24. The Labute approximate surface area is 120 Å². The molecule has 2 aliphatic rings. The third-order valence-corrected chi connectivity index (χ3v) is 4.10. The molecule has 20 heavy (non-hydrogen) atoms. The van der Waals surface area contributed by atoms with Crippen molar-refractivity contribution in [2.75, 3.05) is 0 Å². The van der Waals surface area contributed by atoms with Gasteiger partial charge in [-0.1, -0.05) is 20.8 Å². The van der Waals surface area contributed by atoms with Crippen LogP contribution in [-0.2, 0) is 19.2 Å². The summed E-state index contributed by atoms with van der Waals surface area (Å²) >= 11 is 0. The highest BCUT2D eigenvalue weighted by Gasteiger charge is 2.28. The summed E-state index contributed by atoms with van der Waals surface area (Å²) in [6.45, 7) is 5.96. The van der Waals surface area contributed by atoms with Crippen LogP contribution in [0, 0.1) is 17.8 Å². The number of carbonyl (C=O) groups is 4. The van der Waals surface area contributed by atoms with Gasteiger partial charge in [-0.05, 0) is 18.8 Å². The van der Waals surface area contributed by atoms with Crippen LogP contribution in [0.25, 0.3) is 0 Å². The molecule has 4 heteroatoms. The Bertz CT molecular complexity index is 409. The van der Waals surface area contributed by atoms with Crippen molar-refractivity contribution in [2.24, 2.45) is 17.8 Å². The van der Waals surface area contributed by atoms with Gasteiger partial charge < -0.3 is 0 Å². The van der Waals surface area contributed by atoms with Crippen molar-refractivity contribution in [2.45, 2.75) is 59.3 Å². The van der Waals surface area contributed by atoms with E-state index in [1.54, 1.807) is 0 Å². The molecular formula is C16H24O4. The van der Waals surface area contributed by atoms with Gasteiger partial charge in [0.25, 0.3) is 0 Å². The van der Waals surface area contributed by atoms with Crippen molar-refractivity contribution in [1.82, 2.24) is 0 Å². The Hall–Kier alpha value is -1.32. The van der Waals surface area contributed by atoms with Gasteiger partial charge in [-0.3, -0.25) is 19.2 Å². The maximum Gasteiger partial charge on any atom is 0.143 e. The lowest BCUT2D eigenvalue weighted by Gasteiger charge is -2.22. The van der Waals surface area contributed by atoms with Crippen LogP contribution >= 0.6 is 0 Å². The zero-order valence-corrected chi connectivity index (χ0v) is 12.6. The van der Waals surface area contributed by atoms with Gasteiger partial charge in [0.05, 0.1) is 12.8 Å². The fourth-order valence-corrected chi connectivity index (χ4v) is 2.59.